The molecular formula is C13H22N2O4. The SMILES string of the molecule is CCN(C)C(=O)CNC(=O)C1CCCCC1C(=O)O. The quantitative estimate of drug-likeness (QED) is 0.760. The van der Waals surface area contributed by atoms with Crippen LogP contribution in [-0.2, 0) is 14.4 Å². The summed E-state index contributed by atoms with van der Waals surface area (Å²) in [4.78, 5) is 36.2. The van der Waals surface area contributed by atoms with E-state index in [4.69, 9.17) is 5.11 Å². The summed E-state index contributed by atoms with van der Waals surface area (Å²) in [5.41, 5.74) is 0. The molecule has 2 atom stereocenters. The first kappa shape index (κ1) is 15.5. The molecule has 0 aromatic heterocycles. The highest BCUT2D eigenvalue weighted by atomic mass is 16.4. The normalized spacial score (nSPS) is 22.6. The number of rotatable bonds is 5. The topological polar surface area (TPSA) is 86.7 Å². The smallest absolute Gasteiger partial charge is 0.307 e. The molecule has 0 saturated heterocycles. The molecule has 0 aliphatic heterocycles. The molecule has 19 heavy (non-hydrogen) atoms. The predicted octanol–water partition coefficient (Wildman–Crippen LogP) is 0.472. The van der Waals surface area contributed by atoms with Crippen LogP contribution in [0.25, 0.3) is 0 Å². The maximum atomic E-state index is 12.0. The van der Waals surface area contributed by atoms with Crippen molar-refractivity contribution in [3.05, 3.63) is 0 Å². The Morgan fingerprint density at radius 1 is 1.21 bits per heavy atom. The average molecular weight is 270 g/mol. The number of amides is 2. The molecule has 0 spiro atoms. The Labute approximate surface area is 113 Å². The lowest BCUT2D eigenvalue weighted by Gasteiger charge is -2.27. The molecule has 0 aromatic carbocycles. The Morgan fingerprint density at radius 2 is 1.79 bits per heavy atom. The summed E-state index contributed by atoms with van der Waals surface area (Å²) < 4.78 is 0. The van der Waals surface area contributed by atoms with E-state index in [1.165, 1.54) is 4.90 Å². The van der Waals surface area contributed by atoms with E-state index in [0.29, 0.717) is 19.4 Å². The van der Waals surface area contributed by atoms with Gasteiger partial charge in [-0.1, -0.05) is 12.8 Å². The monoisotopic (exact) mass is 270 g/mol. The minimum atomic E-state index is -0.920. The third-order valence-electron chi connectivity index (χ3n) is 3.73. The third-order valence-corrected chi connectivity index (χ3v) is 3.73. The second kappa shape index (κ2) is 7.11. The van der Waals surface area contributed by atoms with E-state index in [1.54, 1.807) is 7.05 Å². The van der Waals surface area contributed by atoms with E-state index in [1.807, 2.05) is 6.92 Å². The van der Waals surface area contributed by atoms with E-state index < -0.39 is 17.8 Å². The number of hydrogen-bond acceptors (Lipinski definition) is 3. The Kier molecular flexibility index (Phi) is 5.79. The molecule has 1 fully saturated rings. The van der Waals surface area contributed by atoms with Crippen LogP contribution >= 0.6 is 0 Å². The molecule has 2 unspecified atom stereocenters. The van der Waals surface area contributed by atoms with Gasteiger partial charge < -0.3 is 15.3 Å². The second-order valence-electron chi connectivity index (χ2n) is 4.96. The van der Waals surface area contributed by atoms with Crippen LogP contribution in [0.4, 0.5) is 0 Å². The zero-order valence-corrected chi connectivity index (χ0v) is 11.5. The minimum Gasteiger partial charge on any atom is -0.481 e. The molecule has 1 aliphatic carbocycles. The summed E-state index contributed by atoms with van der Waals surface area (Å²) in [6.07, 6.45) is 2.83. The maximum absolute atomic E-state index is 12.0. The molecule has 108 valence electrons. The van der Waals surface area contributed by atoms with Crippen molar-refractivity contribution in [3.63, 3.8) is 0 Å². The molecule has 2 N–H and O–H groups in total. The number of carboxylic acid groups (broad SMARTS) is 1. The van der Waals surface area contributed by atoms with Crippen LogP contribution < -0.4 is 5.32 Å². The highest BCUT2D eigenvalue weighted by Crippen LogP contribution is 2.30. The standard InChI is InChI=1S/C13H22N2O4/c1-3-15(2)11(16)8-14-12(17)9-6-4-5-7-10(9)13(18)19/h9-10H,3-8H2,1-2H3,(H,14,17)(H,18,19). The number of aliphatic carboxylic acids is 1. The molecular weight excluding hydrogens is 248 g/mol. The summed E-state index contributed by atoms with van der Waals surface area (Å²) in [7, 11) is 1.66. The Balaban J connectivity index is 2.51. The predicted molar refractivity (Wildman–Crippen MR) is 69.4 cm³/mol. The van der Waals surface area contributed by atoms with Crippen LogP contribution in [-0.4, -0.2) is 47.9 Å². The first-order chi connectivity index (χ1) is 8.97. The summed E-state index contributed by atoms with van der Waals surface area (Å²) in [5, 5.41) is 11.7. The van der Waals surface area contributed by atoms with Gasteiger partial charge in [0.25, 0.3) is 0 Å². The van der Waals surface area contributed by atoms with Gasteiger partial charge >= 0.3 is 5.97 Å². The van der Waals surface area contributed by atoms with Crippen LogP contribution in [0.2, 0.25) is 0 Å². The van der Waals surface area contributed by atoms with Crippen molar-refractivity contribution in [2.24, 2.45) is 11.8 Å². The zero-order chi connectivity index (χ0) is 14.4. The lowest BCUT2D eigenvalue weighted by molar-refractivity contribution is -0.149. The molecule has 0 heterocycles. The van der Waals surface area contributed by atoms with Crippen molar-refractivity contribution in [3.8, 4) is 0 Å². The van der Waals surface area contributed by atoms with E-state index in [-0.39, 0.29) is 18.4 Å². The van der Waals surface area contributed by atoms with Crippen LogP contribution in [0.15, 0.2) is 0 Å². The Bertz CT molecular complexity index is 357. The molecule has 0 aromatic rings. The second-order valence-corrected chi connectivity index (χ2v) is 4.96. The van der Waals surface area contributed by atoms with Crippen molar-refractivity contribution in [2.45, 2.75) is 32.6 Å². The fourth-order valence-electron chi connectivity index (χ4n) is 2.35. The number of carbonyl (C=O) groups is 3. The van der Waals surface area contributed by atoms with Crippen LogP contribution in [0, 0.1) is 11.8 Å². The highest BCUT2D eigenvalue weighted by molar-refractivity contribution is 5.88. The van der Waals surface area contributed by atoms with Gasteiger partial charge in [0.1, 0.15) is 0 Å². The van der Waals surface area contributed by atoms with Crippen molar-refractivity contribution < 1.29 is 19.5 Å². The van der Waals surface area contributed by atoms with Crippen molar-refractivity contribution in [1.29, 1.82) is 0 Å². The largest absolute Gasteiger partial charge is 0.481 e. The van der Waals surface area contributed by atoms with Gasteiger partial charge in [0, 0.05) is 13.6 Å². The van der Waals surface area contributed by atoms with Gasteiger partial charge in [-0.25, -0.2) is 0 Å². The molecule has 6 heteroatoms. The van der Waals surface area contributed by atoms with Crippen LogP contribution in [0.5, 0.6) is 0 Å². The molecule has 0 radical (unpaired) electrons. The first-order valence-electron chi connectivity index (χ1n) is 6.71. The number of hydrogen-bond donors (Lipinski definition) is 2. The zero-order valence-electron chi connectivity index (χ0n) is 11.5. The fraction of sp³-hybridized carbons (Fsp3) is 0.769. The summed E-state index contributed by atoms with van der Waals surface area (Å²) in [6.45, 7) is 2.36. The molecule has 6 nitrogen and oxygen atoms in total. The number of nitrogens with one attached hydrogen (secondary N) is 1. The number of carboxylic acids is 1. The van der Waals surface area contributed by atoms with Gasteiger partial charge in [-0.15, -0.1) is 0 Å². The van der Waals surface area contributed by atoms with Crippen LogP contribution in [0.3, 0.4) is 0 Å². The van der Waals surface area contributed by atoms with Gasteiger partial charge in [-0.2, -0.15) is 0 Å². The summed E-state index contributed by atoms with van der Waals surface area (Å²) >= 11 is 0. The summed E-state index contributed by atoms with van der Waals surface area (Å²) in [6, 6.07) is 0. The lowest BCUT2D eigenvalue weighted by Crippen LogP contribution is -2.44. The van der Waals surface area contributed by atoms with E-state index in [9.17, 15) is 14.4 Å². The van der Waals surface area contributed by atoms with E-state index in [2.05, 4.69) is 5.32 Å². The number of carbonyl (C=O) groups excluding carboxylic acids is 2. The van der Waals surface area contributed by atoms with Crippen LogP contribution in [0.1, 0.15) is 32.6 Å². The molecule has 2 amide bonds. The van der Waals surface area contributed by atoms with Crippen molar-refractivity contribution >= 4 is 17.8 Å². The van der Waals surface area contributed by atoms with Gasteiger partial charge in [0.05, 0.1) is 18.4 Å². The average Bonchev–Trinajstić information content (AvgIpc) is 2.43. The molecule has 0 bridgehead atoms. The number of likely N-dealkylation sites (N-methyl/N-ethyl adjacent to an activating group) is 1. The van der Waals surface area contributed by atoms with E-state index in [0.717, 1.165) is 12.8 Å². The molecule has 1 rings (SSSR count). The maximum Gasteiger partial charge on any atom is 0.307 e. The van der Waals surface area contributed by atoms with Gasteiger partial charge in [0.2, 0.25) is 11.8 Å². The number of nitrogens with zero attached hydrogens (tertiary/aromatic N) is 1. The first-order valence-corrected chi connectivity index (χ1v) is 6.71. The fourth-order valence-corrected chi connectivity index (χ4v) is 2.35. The van der Waals surface area contributed by atoms with Gasteiger partial charge in [-0.05, 0) is 19.8 Å². The van der Waals surface area contributed by atoms with E-state index >= 15 is 0 Å². The minimum absolute atomic E-state index is 0.0635. The summed E-state index contributed by atoms with van der Waals surface area (Å²) in [5.74, 6) is -2.53. The van der Waals surface area contributed by atoms with Crippen molar-refractivity contribution in [1.82, 2.24) is 10.2 Å². The van der Waals surface area contributed by atoms with Gasteiger partial charge in [-0.3, -0.25) is 14.4 Å². The van der Waals surface area contributed by atoms with Gasteiger partial charge in [0.15, 0.2) is 0 Å². The lowest BCUT2D eigenvalue weighted by atomic mass is 9.79. The third kappa shape index (κ3) is 4.22. The Hall–Kier alpha value is -1.59. The highest BCUT2D eigenvalue weighted by Gasteiger charge is 2.35. The Morgan fingerprint density at radius 3 is 2.32 bits per heavy atom. The molecule has 1 saturated carbocycles. The molecule has 1 aliphatic rings. The van der Waals surface area contributed by atoms with Crippen molar-refractivity contribution in [2.75, 3.05) is 20.1 Å².